The Hall–Kier alpha value is -2.21. The molecule has 5 nitrogen and oxygen atoms in total. The smallest absolute Gasteiger partial charge is 0.272 e. The summed E-state index contributed by atoms with van der Waals surface area (Å²) in [5, 5.41) is 2.08. The largest absolute Gasteiger partial charge is 0.339 e. The zero-order valence-corrected chi connectivity index (χ0v) is 15.5. The third-order valence-electron chi connectivity index (χ3n) is 5.49. The number of amides is 2. The third kappa shape index (κ3) is 3.51. The fourth-order valence-corrected chi connectivity index (χ4v) is 4.86. The Morgan fingerprint density at radius 2 is 2.15 bits per heavy atom. The van der Waals surface area contributed by atoms with Crippen LogP contribution in [0.15, 0.2) is 41.9 Å². The summed E-state index contributed by atoms with van der Waals surface area (Å²) in [5.41, 5.74) is 0.507. The lowest BCUT2D eigenvalue weighted by molar-refractivity contribution is -0.140. The molecule has 2 saturated heterocycles. The van der Waals surface area contributed by atoms with Gasteiger partial charge in [0.2, 0.25) is 5.91 Å². The SMILES string of the molecule is O=C(c1ccccn1)N1CC[C@@H]2[C@@H](CCC(=O)N2CCc2cccs2)C1. The van der Waals surface area contributed by atoms with Crippen LogP contribution in [0.5, 0.6) is 0 Å². The van der Waals surface area contributed by atoms with Crippen LogP contribution in [0.2, 0.25) is 0 Å². The summed E-state index contributed by atoms with van der Waals surface area (Å²) >= 11 is 1.75. The topological polar surface area (TPSA) is 53.5 Å². The number of fused-ring (bicyclic) bond motifs is 1. The number of thiophene rings is 1. The number of nitrogens with zero attached hydrogens (tertiary/aromatic N) is 3. The van der Waals surface area contributed by atoms with E-state index in [1.54, 1.807) is 23.6 Å². The van der Waals surface area contributed by atoms with E-state index in [9.17, 15) is 9.59 Å². The van der Waals surface area contributed by atoms with Crippen molar-refractivity contribution in [3.05, 3.63) is 52.5 Å². The molecule has 136 valence electrons. The molecule has 2 aromatic rings. The zero-order valence-electron chi connectivity index (χ0n) is 14.7. The molecule has 0 saturated carbocycles. The average molecular weight is 369 g/mol. The molecule has 2 aromatic heterocycles. The van der Waals surface area contributed by atoms with Crippen LogP contribution in [0.4, 0.5) is 0 Å². The van der Waals surface area contributed by atoms with Gasteiger partial charge < -0.3 is 9.80 Å². The number of carbonyl (C=O) groups is 2. The van der Waals surface area contributed by atoms with Crippen LogP contribution in [-0.4, -0.2) is 52.3 Å². The third-order valence-corrected chi connectivity index (χ3v) is 6.43. The van der Waals surface area contributed by atoms with E-state index >= 15 is 0 Å². The molecule has 4 rings (SSSR count). The van der Waals surface area contributed by atoms with Crippen molar-refractivity contribution in [2.24, 2.45) is 5.92 Å². The van der Waals surface area contributed by atoms with Crippen LogP contribution >= 0.6 is 11.3 Å². The maximum atomic E-state index is 12.7. The maximum Gasteiger partial charge on any atom is 0.272 e. The van der Waals surface area contributed by atoms with Crippen molar-refractivity contribution in [2.45, 2.75) is 31.7 Å². The second kappa shape index (κ2) is 7.58. The van der Waals surface area contributed by atoms with Gasteiger partial charge in [0.1, 0.15) is 5.69 Å². The fourth-order valence-electron chi connectivity index (χ4n) is 4.16. The molecule has 2 atom stereocenters. The molecule has 0 N–H and O–H groups in total. The lowest BCUT2D eigenvalue weighted by Crippen LogP contribution is -2.57. The van der Waals surface area contributed by atoms with E-state index in [1.807, 2.05) is 17.0 Å². The molecule has 0 aromatic carbocycles. The fraction of sp³-hybridized carbons (Fsp3) is 0.450. The number of pyridine rings is 1. The predicted octanol–water partition coefficient (Wildman–Crippen LogP) is 2.84. The highest BCUT2D eigenvalue weighted by Gasteiger charge is 2.40. The van der Waals surface area contributed by atoms with Crippen LogP contribution in [0.1, 0.15) is 34.6 Å². The predicted molar refractivity (Wildman–Crippen MR) is 101 cm³/mol. The monoisotopic (exact) mass is 369 g/mol. The first-order valence-corrected chi connectivity index (χ1v) is 10.1. The summed E-state index contributed by atoms with van der Waals surface area (Å²) < 4.78 is 0. The minimum atomic E-state index is 0.00563. The van der Waals surface area contributed by atoms with Gasteiger partial charge in [-0.25, -0.2) is 0 Å². The van der Waals surface area contributed by atoms with Crippen LogP contribution in [-0.2, 0) is 11.2 Å². The van der Waals surface area contributed by atoms with Gasteiger partial charge in [-0.05, 0) is 48.8 Å². The number of piperidine rings is 2. The highest BCUT2D eigenvalue weighted by atomic mass is 32.1. The van der Waals surface area contributed by atoms with Gasteiger partial charge in [0, 0.05) is 43.2 Å². The molecular formula is C20H23N3O2S. The van der Waals surface area contributed by atoms with E-state index in [4.69, 9.17) is 0 Å². The Labute approximate surface area is 157 Å². The first-order valence-electron chi connectivity index (χ1n) is 9.24. The van der Waals surface area contributed by atoms with Crippen molar-refractivity contribution in [1.29, 1.82) is 0 Å². The standard InChI is InChI=1S/C20H23N3O2S/c24-19-7-6-15-14-22(20(25)17-5-1-2-10-21-17)11-9-18(15)23(19)12-8-16-4-3-13-26-16/h1-5,10,13,15,18H,6-9,11-12,14H2/t15-,18+/m0/s1. The van der Waals surface area contributed by atoms with Crippen molar-refractivity contribution in [3.63, 3.8) is 0 Å². The lowest BCUT2D eigenvalue weighted by Gasteiger charge is -2.47. The molecule has 2 aliphatic heterocycles. The van der Waals surface area contributed by atoms with E-state index in [1.165, 1.54) is 4.88 Å². The van der Waals surface area contributed by atoms with Crippen LogP contribution < -0.4 is 0 Å². The van der Waals surface area contributed by atoms with Gasteiger partial charge in [-0.3, -0.25) is 14.6 Å². The van der Waals surface area contributed by atoms with E-state index in [2.05, 4.69) is 27.4 Å². The van der Waals surface area contributed by atoms with E-state index in [-0.39, 0.29) is 17.9 Å². The van der Waals surface area contributed by atoms with Crippen molar-refractivity contribution in [3.8, 4) is 0 Å². The van der Waals surface area contributed by atoms with E-state index < -0.39 is 0 Å². The van der Waals surface area contributed by atoms with Gasteiger partial charge in [0.05, 0.1) is 0 Å². The number of likely N-dealkylation sites (tertiary alicyclic amines) is 2. The summed E-state index contributed by atoms with van der Waals surface area (Å²) in [4.78, 5) is 34.7. The molecule has 6 heteroatoms. The highest BCUT2D eigenvalue weighted by molar-refractivity contribution is 7.09. The highest BCUT2D eigenvalue weighted by Crippen LogP contribution is 2.32. The molecule has 0 radical (unpaired) electrons. The lowest BCUT2D eigenvalue weighted by atomic mass is 9.83. The molecule has 0 spiro atoms. The molecule has 2 amide bonds. The number of aromatic nitrogens is 1. The van der Waals surface area contributed by atoms with Gasteiger partial charge in [-0.1, -0.05) is 12.1 Å². The van der Waals surface area contributed by atoms with Gasteiger partial charge in [-0.15, -0.1) is 11.3 Å². The van der Waals surface area contributed by atoms with Gasteiger partial charge >= 0.3 is 0 Å². The molecule has 2 aliphatic rings. The Bertz CT molecular complexity index is 763. The van der Waals surface area contributed by atoms with Crippen molar-refractivity contribution >= 4 is 23.2 Å². The molecular weight excluding hydrogens is 346 g/mol. The normalized spacial score (nSPS) is 23.0. The van der Waals surface area contributed by atoms with Crippen LogP contribution in [0, 0.1) is 5.92 Å². The number of hydrogen-bond acceptors (Lipinski definition) is 4. The average Bonchev–Trinajstić information content (AvgIpc) is 3.20. The summed E-state index contributed by atoms with van der Waals surface area (Å²) in [6.07, 6.45) is 4.91. The Morgan fingerprint density at radius 3 is 2.92 bits per heavy atom. The second-order valence-corrected chi connectivity index (χ2v) is 8.07. The minimum Gasteiger partial charge on any atom is -0.339 e. The van der Waals surface area contributed by atoms with Gasteiger partial charge in [0.15, 0.2) is 0 Å². The Morgan fingerprint density at radius 1 is 1.23 bits per heavy atom. The van der Waals surface area contributed by atoms with Gasteiger partial charge in [-0.2, -0.15) is 0 Å². The quantitative estimate of drug-likeness (QED) is 0.833. The first-order chi connectivity index (χ1) is 12.7. The van der Waals surface area contributed by atoms with Crippen molar-refractivity contribution in [2.75, 3.05) is 19.6 Å². The minimum absolute atomic E-state index is 0.00563. The molecule has 26 heavy (non-hydrogen) atoms. The van der Waals surface area contributed by atoms with Crippen molar-refractivity contribution in [1.82, 2.24) is 14.8 Å². The molecule has 0 aliphatic carbocycles. The molecule has 4 heterocycles. The number of rotatable bonds is 4. The second-order valence-electron chi connectivity index (χ2n) is 7.04. The molecule has 0 unspecified atom stereocenters. The first kappa shape index (κ1) is 17.2. The van der Waals surface area contributed by atoms with E-state index in [0.717, 1.165) is 32.4 Å². The number of carbonyl (C=O) groups excluding carboxylic acids is 2. The summed E-state index contributed by atoms with van der Waals surface area (Å²) in [7, 11) is 0. The Kier molecular flexibility index (Phi) is 5.02. The maximum absolute atomic E-state index is 12.7. The van der Waals surface area contributed by atoms with Crippen LogP contribution in [0.3, 0.4) is 0 Å². The Balaban J connectivity index is 1.41. The number of hydrogen-bond donors (Lipinski definition) is 0. The van der Waals surface area contributed by atoms with Crippen LogP contribution in [0.25, 0.3) is 0 Å². The summed E-state index contributed by atoms with van der Waals surface area (Å²) in [6, 6.07) is 9.89. The van der Waals surface area contributed by atoms with E-state index in [0.29, 0.717) is 24.6 Å². The van der Waals surface area contributed by atoms with Gasteiger partial charge in [0.25, 0.3) is 5.91 Å². The summed E-state index contributed by atoms with van der Waals surface area (Å²) in [6.45, 7) is 2.21. The molecule has 0 bridgehead atoms. The van der Waals surface area contributed by atoms with Crippen molar-refractivity contribution < 1.29 is 9.59 Å². The zero-order chi connectivity index (χ0) is 17.9. The summed E-state index contributed by atoms with van der Waals surface area (Å²) in [5.74, 6) is 0.649. The molecule has 2 fully saturated rings.